The van der Waals surface area contributed by atoms with Crippen LogP contribution in [0.1, 0.15) is 5.56 Å². The van der Waals surface area contributed by atoms with Gasteiger partial charge in [0.05, 0.1) is 6.61 Å². The van der Waals surface area contributed by atoms with E-state index in [0.29, 0.717) is 5.56 Å². The minimum Gasteiger partial charge on any atom is -0.508 e. The van der Waals surface area contributed by atoms with Crippen molar-refractivity contribution < 1.29 is 20.1 Å². The van der Waals surface area contributed by atoms with Gasteiger partial charge in [-0.2, -0.15) is 0 Å². The third-order valence-electron chi connectivity index (χ3n) is 2.09. The summed E-state index contributed by atoms with van der Waals surface area (Å²) in [6, 6.07) is 3.13. The lowest BCUT2D eigenvalue weighted by Crippen LogP contribution is -2.48. The van der Waals surface area contributed by atoms with Crippen molar-refractivity contribution in [3.05, 3.63) is 23.8 Å². The van der Waals surface area contributed by atoms with E-state index < -0.39 is 18.6 Å². The standard InChI is InChI=1S/C10H15N3O4.ClH/c11-8(5-14)10(17)13-12-4-6-1-2-7(15)3-9(6)16;/h1-3,8,12,14-16H,4-5,11H2,(H,13,17);1H. The molecule has 0 saturated carbocycles. The van der Waals surface area contributed by atoms with Crippen LogP contribution >= 0.6 is 12.4 Å². The van der Waals surface area contributed by atoms with Gasteiger partial charge in [0, 0.05) is 18.2 Å². The maximum Gasteiger partial charge on any atom is 0.253 e. The van der Waals surface area contributed by atoms with Crippen molar-refractivity contribution >= 4 is 18.3 Å². The number of aromatic hydroxyl groups is 2. The zero-order valence-corrected chi connectivity index (χ0v) is 10.3. The topological polar surface area (TPSA) is 128 Å². The fourth-order valence-electron chi connectivity index (χ4n) is 1.10. The predicted octanol–water partition coefficient (Wildman–Crippen LogP) is -1.04. The SMILES string of the molecule is Cl.NC(CO)C(=O)NNCc1ccc(O)cc1O. The van der Waals surface area contributed by atoms with Crippen molar-refractivity contribution in [1.82, 2.24) is 10.9 Å². The second-order valence-corrected chi connectivity index (χ2v) is 3.44. The molecule has 0 bridgehead atoms. The number of hydrogen-bond donors (Lipinski definition) is 6. The van der Waals surface area contributed by atoms with Crippen LogP contribution < -0.4 is 16.6 Å². The van der Waals surface area contributed by atoms with E-state index in [-0.39, 0.29) is 30.5 Å². The molecule has 0 heterocycles. The number of amides is 1. The molecule has 0 saturated heterocycles. The number of carbonyl (C=O) groups is 1. The normalized spacial score (nSPS) is 11.4. The Kier molecular flexibility index (Phi) is 7.06. The van der Waals surface area contributed by atoms with E-state index >= 15 is 0 Å². The lowest BCUT2D eigenvalue weighted by atomic mass is 10.2. The van der Waals surface area contributed by atoms with E-state index in [2.05, 4.69) is 10.9 Å². The quantitative estimate of drug-likeness (QED) is 0.382. The van der Waals surface area contributed by atoms with Crippen LogP contribution in [-0.2, 0) is 11.3 Å². The van der Waals surface area contributed by atoms with Crippen LogP contribution in [0.4, 0.5) is 0 Å². The largest absolute Gasteiger partial charge is 0.508 e. The number of halogens is 1. The second kappa shape index (κ2) is 7.72. The Hall–Kier alpha value is -1.54. The van der Waals surface area contributed by atoms with Crippen LogP contribution in [0, 0.1) is 0 Å². The van der Waals surface area contributed by atoms with Crippen LogP contribution in [0.3, 0.4) is 0 Å². The molecule has 1 amide bonds. The van der Waals surface area contributed by atoms with Gasteiger partial charge in [-0.3, -0.25) is 10.2 Å². The monoisotopic (exact) mass is 277 g/mol. The summed E-state index contributed by atoms with van der Waals surface area (Å²) in [5.41, 5.74) is 10.6. The summed E-state index contributed by atoms with van der Waals surface area (Å²) in [7, 11) is 0. The summed E-state index contributed by atoms with van der Waals surface area (Å²) in [5.74, 6) is -0.679. The van der Waals surface area contributed by atoms with Gasteiger partial charge in [0.15, 0.2) is 0 Å². The minimum absolute atomic E-state index is 0. The van der Waals surface area contributed by atoms with Gasteiger partial charge in [0.1, 0.15) is 17.5 Å². The fraction of sp³-hybridized carbons (Fsp3) is 0.300. The van der Waals surface area contributed by atoms with Gasteiger partial charge in [-0.1, -0.05) is 6.07 Å². The molecule has 0 radical (unpaired) electrons. The number of aliphatic hydroxyl groups is 1. The van der Waals surface area contributed by atoms with E-state index in [4.69, 9.17) is 15.9 Å². The van der Waals surface area contributed by atoms with E-state index in [1.54, 1.807) is 0 Å². The summed E-state index contributed by atoms with van der Waals surface area (Å²) >= 11 is 0. The van der Waals surface area contributed by atoms with Crippen molar-refractivity contribution in [1.29, 1.82) is 0 Å². The third kappa shape index (κ3) is 4.76. The highest BCUT2D eigenvalue weighted by atomic mass is 35.5. The van der Waals surface area contributed by atoms with Gasteiger partial charge in [-0.05, 0) is 6.07 Å². The Balaban J connectivity index is 0.00000289. The average Bonchev–Trinajstić information content (AvgIpc) is 2.30. The molecule has 1 aromatic carbocycles. The first kappa shape index (κ1) is 16.5. The Bertz CT molecular complexity index is 403. The first-order chi connectivity index (χ1) is 8.04. The highest BCUT2D eigenvalue weighted by Gasteiger charge is 2.11. The van der Waals surface area contributed by atoms with Gasteiger partial charge in [0.25, 0.3) is 5.91 Å². The maximum atomic E-state index is 11.1. The Morgan fingerprint density at radius 1 is 1.39 bits per heavy atom. The molecule has 0 aliphatic rings. The molecule has 7 nitrogen and oxygen atoms in total. The highest BCUT2D eigenvalue weighted by Crippen LogP contribution is 2.21. The van der Waals surface area contributed by atoms with E-state index in [1.165, 1.54) is 18.2 Å². The number of nitrogens with two attached hydrogens (primary N) is 1. The first-order valence-electron chi connectivity index (χ1n) is 4.94. The molecule has 1 unspecified atom stereocenters. The summed E-state index contributed by atoms with van der Waals surface area (Å²) in [4.78, 5) is 11.1. The molecule has 0 spiro atoms. The van der Waals surface area contributed by atoms with Crippen molar-refractivity contribution in [3.63, 3.8) is 0 Å². The molecule has 102 valence electrons. The van der Waals surface area contributed by atoms with Gasteiger partial charge in [0.2, 0.25) is 0 Å². The van der Waals surface area contributed by atoms with Crippen molar-refractivity contribution in [2.24, 2.45) is 5.73 Å². The molecule has 8 heteroatoms. The maximum absolute atomic E-state index is 11.1. The number of hydrazine groups is 1. The lowest BCUT2D eigenvalue weighted by Gasteiger charge is -2.11. The minimum atomic E-state index is -0.990. The van der Waals surface area contributed by atoms with E-state index in [0.717, 1.165) is 0 Å². The number of benzene rings is 1. The zero-order chi connectivity index (χ0) is 12.8. The average molecular weight is 278 g/mol. The molecule has 1 rings (SSSR count). The summed E-state index contributed by atoms with van der Waals surface area (Å²) < 4.78 is 0. The number of hydrogen-bond acceptors (Lipinski definition) is 6. The van der Waals surface area contributed by atoms with E-state index in [1.807, 2.05) is 0 Å². The number of aliphatic hydroxyl groups excluding tert-OH is 1. The molecule has 18 heavy (non-hydrogen) atoms. The van der Waals surface area contributed by atoms with Crippen LogP contribution in [0.15, 0.2) is 18.2 Å². The number of rotatable bonds is 5. The molecule has 0 aromatic heterocycles. The van der Waals surface area contributed by atoms with Crippen molar-refractivity contribution in [3.8, 4) is 11.5 Å². The molecular weight excluding hydrogens is 262 g/mol. The Morgan fingerprint density at radius 2 is 2.06 bits per heavy atom. The van der Waals surface area contributed by atoms with Gasteiger partial charge < -0.3 is 21.1 Å². The molecular formula is C10H16ClN3O4. The van der Waals surface area contributed by atoms with Crippen LogP contribution in [0.25, 0.3) is 0 Å². The number of phenolic OH excluding ortho intramolecular Hbond substituents is 2. The van der Waals surface area contributed by atoms with Crippen molar-refractivity contribution in [2.75, 3.05) is 6.61 Å². The molecule has 0 fully saturated rings. The summed E-state index contributed by atoms with van der Waals surface area (Å²) in [6.45, 7) is -0.284. The van der Waals surface area contributed by atoms with Gasteiger partial charge >= 0.3 is 0 Å². The molecule has 7 N–H and O–H groups in total. The number of nitrogens with one attached hydrogen (secondary N) is 2. The number of carbonyl (C=O) groups excluding carboxylic acids is 1. The molecule has 0 aliphatic heterocycles. The molecule has 1 atom stereocenters. The van der Waals surface area contributed by atoms with Gasteiger partial charge in [-0.15, -0.1) is 12.4 Å². The van der Waals surface area contributed by atoms with Crippen LogP contribution in [0.5, 0.6) is 11.5 Å². The van der Waals surface area contributed by atoms with E-state index in [9.17, 15) is 9.90 Å². The number of phenols is 2. The molecule has 0 aliphatic carbocycles. The second-order valence-electron chi connectivity index (χ2n) is 3.44. The van der Waals surface area contributed by atoms with Crippen LogP contribution in [-0.4, -0.2) is 33.9 Å². The predicted molar refractivity (Wildman–Crippen MR) is 67.1 cm³/mol. The Labute approximate surface area is 110 Å². The van der Waals surface area contributed by atoms with Gasteiger partial charge in [-0.25, -0.2) is 5.43 Å². The van der Waals surface area contributed by atoms with Crippen LogP contribution in [0.2, 0.25) is 0 Å². The highest BCUT2D eigenvalue weighted by molar-refractivity contribution is 5.85. The van der Waals surface area contributed by atoms with Crippen molar-refractivity contribution in [2.45, 2.75) is 12.6 Å². The lowest BCUT2D eigenvalue weighted by molar-refractivity contribution is -0.124. The summed E-state index contributed by atoms with van der Waals surface area (Å²) in [5, 5.41) is 27.1. The fourth-order valence-corrected chi connectivity index (χ4v) is 1.10. The smallest absolute Gasteiger partial charge is 0.253 e. The molecule has 1 aromatic rings. The Morgan fingerprint density at radius 3 is 2.61 bits per heavy atom. The third-order valence-corrected chi connectivity index (χ3v) is 2.09. The zero-order valence-electron chi connectivity index (χ0n) is 9.46. The first-order valence-corrected chi connectivity index (χ1v) is 4.94. The summed E-state index contributed by atoms with van der Waals surface area (Å²) in [6.07, 6.45) is 0.